The molecule has 0 spiro atoms. The van der Waals surface area contributed by atoms with Gasteiger partial charge in [-0.15, -0.1) is 0 Å². The Morgan fingerprint density at radius 1 is 1.06 bits per heavy atom. The summed E-state index contributed by atoms with van der Waals surface area (Å²) < 4.78 is 13.1. The number of nitrogens with zero attached hydrogens (tertiary/aromatic N) is 2. The first kappa shape index (κ1) is 20.7. The minimum atomic E-state index is -0.114. The third kappa shape index (κ3) is 3.81. The Balaban J connectivity index is 1.81. The fourth-order valence-electron chi connectivity index (χ4n) is 3.92. The Labute approximate surface area is 181 Å². The molecule has 1 N–H and O–H groups in total. The predicted octanol–water partition coefficient (Wildman–Crippen LogP) is 4.66. The van der Waals surface area contributed by atoms with Gasteiger partial charge in [0.1, 0.15) is 17.0 Å². The summed E-state index contributed by atoms with van der Waals surface area (Å²) in [5.41, 5.74) is 5.64. The highest BCUT2D eigenvalue weighted by Gasteiger charge is 2.17. The van der Waals surface area contributed by atoms with Gasteiger partial charge in [-0.1, -0.05) is 38.1 Å². The zero-order chi connectivity index (χ0) is 22.1. The highest BCUT2D eigenvalue weighted by Crippen LogP contribution is 2.38. The average Bonchev–Trinajstić information content (AvgIpc) is 3.27. The van der Waals surface area contributed by atoms with Gasteiger partial charge in [0.05, 0.1) is 20.4 Å². The van der Waals surface area contributed by atoms with Gasteiger partial charge in [0.2, 0.25) is 0 Å². The minimum Gasteiger partial charge on any atom is -0.496 e. The molecular weight excluding hydrogens is 390 g/mol. The molecule has 2 heterocycles. The smallest absolute Gasteiger partial charge is 0.276 e. The van der Waals surface area contributed by atoms with Crippen LogP contribution >= 0.6 is 0 Å². The summed E-state index contributed by atoms with van der Waals surface area (Å²) in [5.74, 6) is 1.99. The molecule has 2 aromatic heterocycles. The molecule has 0 atom stereocenters. The van der Waals surface area contributed by atoms with E-state index in [1.807, 2.05) is 18.3 Å². The molecule has 4 rings (SSSR count). The van der Waals surface area contributed by atoms with E-state index in [1.165, 1.54) is 11.1 Å². The van der Waals surface area contributed by atoms with Crippen molar-refractivity contribution in [2.45, 2.75) is 26.2 Å². The molecular formula is C25H27N3O3. The first-order valence-corrected chi connectivity index (χ1v) is 10.3. The van der Waals surface area contributed by atoms with E-state index >= 15 is 0 Å². The lowest BCUT2D eigenvalue weighted by molar-refractivity contribution is 0.387. The Morgan fingerprint density at radius 2 is 1.71 bits per heavy atom. The number of rotatable bonds is 6. The number of fused-ring (bicyclic) bond motifs is 1. The Hall–Kier alpha value is -3.54. The molecule has 160 valence electrons. The summed E-state index contributed by atoms with van der Waals surface area (Å²) in [6.45, 7) is 4.38. The molecule has 0 aliphatic carbocycles. The number of methoxy groups -OCH3 is 2. The fraction of sp³-hybridized carbons (Fsp3) is 0.280. The molecule has 0 radical (unpaired) electrons. The van der Waals surface area contributed by atoms with E-state index in [-0.39, 0.29) is 5.56 Å². The normalized spacial score (nSPS) is 11.3. The van der Waals surface area contributed by atoms with E-state index in [9.17, 15) is 4.79 Å². The number of aromatic amines is 1. The van der Waals surface area contributed by atoms with E-state index in [1.54, 1.807) is 32.0 Å². The lowest BCUT2D eigenvalue weighted by atomic mass is 9.95. The van der Waals surface area contributed by atoms with Crippen molar-refractivity contribution in [2.24, 2.45) is 7.05 Å². The lowest BCUT2D eigenvalue weighted by Gasteiger charge is -2.17. The Kier molecular flexibility index (Phi) is 5.55. The number of hydrogen-bond acceptors (Lipinski definition) is 4. The Bertz CT molecular complexity index is 1260. The minimum absolute atomic E-state index is 0.114. The van der Waals surface area contributed by atoms with Crippen molar-refractivity contribution in [3.8, 4) is 22.6 Å². The van der Waals surface area contributed by atoms with Crippen LogP contribution in [0.1, 0.15) is 36.5 Å². The van der Waals surface area contributed by atoms with Gasteiger partial charge in [-0.2, -0.15) is 5.10 Å². The molecule has 4 aromatic rings. The maximum atomic E-state index is 12.4. The van der Waals surface area contributed by atoms with Crippen LogP contribution in [0.3, 0.4) is 0 Å². The van der Waals surface area contributed by atoms with E-state index in [4.69, 9.17) is 9.47 Å². The number of H-pyrrole nitrogens is 1. The zero-order valence-corrected chi connectivity index (χ0v) is 18.5. The molecule has 6 heteroatoms. The van der Waals surface area contributed by atoms with Gasteiger partial charge in [0.15, 0.2) is 0 Å². The van der Waals surface area contributed by atoms with E-state index in [0.29, 0.717) is 17.9 Å². The molecule has 6 nitrogen and oxygen atoms in total. The second-order valence-corrected chi connectivity index (χ2v) is 8.05. The van der Waals surface area contributed by atoms with Gasteiger partial charge in [0, 0.05) is 36.2 Å². The third-order valence-electron chi connectivity index (χ3n) is 5.73. The van der Waals surface area contributed by atoms with Crippen LogP contribution in [-0.4, -0.2) is 29.0 Å². The molecule has 0 aliphatic heterocycles. The van der Waals surface area contributed by atoms with E-state index in [2.05, 4.69) is 48.3 Å². The van der Waals surface area contributed by atoms with Crippen LogP contribution in [-0.2, 0) is 13.5 Å². The van der Waals surface area contributed by atoms with E-state index in [0.717, 1.165) is 33.6 Å². The topological polar surface area (TPSA) is 69.1 Å². The summed E-state index contributed by atoms with van der Waals surface area (Å²) in [6, 6.07) is 12.6. The van der Waals surface area contributed by atoms with Gasteiger partial charge in [-0.05, 0) is 34.7 Å². The number of aryl methyl sites for hydroxylation is 1. The summed E-state index contributed by atoms with van der Waals surface area (Å²) in [7, 11) is 5.06. The van der Waals surface area contributed by atoms with Gasteiger partial charge in [0.25, 0.3) is 5.56 Å². The van der Waals surface area contributed by atoms with Crippen LogP contribution in [0.25, 0.3) is 22.0 Å². The number of benzene rings is 2. The number of nitrogens with one attached hydrogen (secondary N) is 1. The predicted molar refractivity (Wildman–Crippen MR) is 123 cm³/mol. The zero-order valence-electron chi connectivity index (χ0n) is 18.5. The molecule has 0 unspecified atom stereocenters. The van der Waals surface area contributed by atoms with Crippen molar-refractivity contribution < 1.29 is 9.47 Å². The van der Waals surface area contributed by atoms with Crippen molar-refractivity contribution in [1.29, 1.82) is 0 Å². The summed E-state index contributed by atoms with van der Waals surface area (Å²) >= 11 is 0. The van der Waals surface area contributed by atoms with Crippen molar-refractivity contribution in [2.75, 3.05) is 14.2 Å². The van der Waals surface area contributed by atoms with Crippen LogP contribution < -0.4 is 15.0 Å². The highest BCUT2D eigenvalue weighted by atomic mass is 16.5. The number of ether oxygens (including phenoxy) is 2. The summed E-state index contributed by atoms with van der Waals surface area (Å²) in [6.07, 6.45) is 4.19. The van der Waals surface area contributed by atoms with Gasteiger partial charge in [-0.3, -0.25) is 9.89 Å². The number of pyridine rings is 1. The first-order chi connectivity index (χ1) is 14.9. The van der Waals surface area contributed by atoms with Crippen molar-refractivity contribution in [3.63, 3.8) is 0 Å². The maximum Gasteiger partial charge on any atom is 0.276 e. The number of aromatic nitrogens is 3. The maximum absolute atomic E-state index is 12.4. The largest absolute Gasteiger partial charge is 0.496 e. The summed E-state index contributed by atoms with van der Waals surface area (Å²) in [4.78, 5) is 12.4. The molecule has 0 aliphatic rings. The van der Waals surface area contributed by atoms with Gasteiger partial charge >= 0.3 is 0 Å². The number of hydrogen-bond donors (Lipinski definition) is 1. The molecule has 31 heavy (non-hydrogen) atoms. The molecule has 0 bridgehead atoms. The van der Waals surface area contributed by atoms with Crippen molar-refractivity contribution in [1.82, 2.24) is 14.8 Å². The highest BCUT2D eigenvalue weighted by molar-refractivity contribution is 5.94. The molecule has 0 saturated carbocycles. The van der Waals surface area contributed by atoms with Crippen molar-refractivity contribution >= 4 is 10.9 Å². The van der Waals surface area contributed by atoms with Gasteiger partial charge in [-0.25, -0.2) is 0 Å². The second-order valence-electron chi connectivity index (χ2n) is 8.05. The van der Waals surface area contributed by atoms with Crippen LogP contribution in [0.4, 0.5) is 0 Å². The molecule has 0 fully saturated rings. The van der Waals surface area contributed by atoms with E-state index < -0.39 is 0 Å². The first-order valence-electron chi connectivity index (χ1n) is 10.3. The standard InChI is InChI=1S/C25H27N3O3/c1-15(2)17-8-6-16(7-9-17)10-19-22(30-4)11-18(12-23(19)31-5)21-14-28(3)25(29)24-20(21)13-26-27-24/h6-9,11-15H,10H2,1-5H3,(H,26,27). The quantitative estimate of drug-likeness (QED) is 0.495. The monoisotopic (exact) mass is 417 g/mol. The molecule has 0 amide bonds. The second kappa shape index (κ2) is 8.30. The lowest BCUT2D eigenvalue weighted by Crippen LogP contribution is -2.16. The van der Waals surface area contributed by atoms with Crippen LogP contribution in [0, 0.1) is 0 Å². The average molecular weight is 418 g/mol. The summed E-state index contributed by atoms with van der Waals surface area (Å²) in [5, 5.41) is 7.64. The van der Waals surface area contributed by atoms with Crippen LogP contribution in [0.2, 0.25) is 0 Å². The van der Waals surface area contributed by atoms with Crippen LogP contribution in [0.15, 0.2) is 53.6 Å². The Morgan fingerprint density at radius 3 is 2.29 bits per heavy atom. The van der Waals surface area contributed by atoms with Crippen LogP contribution in [0.5, 0.6) is 11.5 Å². The van der Waals surface area contributed by atoms with Crippen molar-refractivity contribution in [3.05, 3.63) is 75.8 Å². The SMILES string of the molecule is COc1cc(-c2cn(C)c(=O)c3[nH]ncc23)cc(OC)c1Cc1ccc(C(C)C)cc1. The molecule has 2 aromatic carbocycles. The van der Waals surface area contributed by atoms with Gasteiger partial charge < -0.3 is 14.0 Å². The third-order valence-corrected chi connectivity index (χ3v) is 5.73. The molecule has 0 saturated heterocycles. The fourth-order valence-corrected chi connectivity index (χ4v) is 3.92.